The van der Waals surface area contributed by atoms with Crippen molar-refractivity contribution in [2.24, 2.45) is 5.41 Å². The lowest BCUT2D eigenvalue weighted by molar-refractivity contribution is -0.131. The minimum Gasteiger partial charge on any atom is -0.366 e. The molecule has 0 spiro atoms. The highest BCUT2D eigenvalue weighted by Crippen LogP contribution is 2.28. The lowest BCUT2D eigenvalue weighted by Crippen LogP contribution is -2.48. The van der Waals surface area contributed by atoms with E-state index in [0.29, 0.717) is 6.42 Å². The fourth-order valence-corrected chi connectivity index (χ4v) is 2.59. The van der Waals surface area contributed by atoms with E-state index in [9.17, 15) is 9.59 Å². The van der Waals surface area contributed by atoms with Crippen LogP contribution in [0.25, 0.3) is 0 Å². The van der Waals surface area contributed by atoms with E-state index < -0.39 is 5.41 Å². The molecule has 1 saturated heterocycles. The Bertz CT molecular complexity index is 570. The van der Waals surface area contributed by atoms with E-state index in [1.165, 1.54) is 0 Å². The topological polar surface area (TPSA) is 52.7 Å². The van der Waals surface area contributed by atoms with E-state index in [0.717, 1.165) is 37.6 Å². The van der Waals surface area contributed by atoms with Gasteiger partial charge in [-0.15, -0.1) is 0 Å². The molecule has 0 radical (unpaired) electrons. The third-order valence-electron chi connectivity index (χ3n) is 4.11. The number of nitrogens with one attached hydrogen (secondary N) is 1. The first-order chi connectivity index (χ1) is 10.8. The van der Waals surface area contributed by atoms with Crippen LogP contribution >= 0.6 is 0 Å². The average molecular weight is 317 g/mol. The number of rotatable bonds is 3. The normalized spacial score (nSPS) is 15.5. The molecule has 5 nitrogen and oxygen atoms in total. The molecule has 1 aliphatic heterocycles. The summed E-state index contributed by atoms with van der Waals surface area (Å²) >= 11 is 0. The van der Waals surface area contributed by atoms with Crippen LogP contribution in [0.15, 0.2) is 24.3 Å². The van der Waals surface area contributed by atoms with Crippen molar-refractivity contribution in [3.8, 4) is 0 Å². The van der Waals surface area contributed by atoms with E-state index in [4.69, 9.17) is 0 Å². The molecule has 1 aromatic carbocycles. The molecule has 1 aromatic rings. The quantitative estimate of drug-likeness (QED) is 0.932. The van der Waals surface area contributed by atoms with Crippen LogP contribution in [0, 0.1) is 5.41 Å². The molecule has 2 amide bonds. The van der Waals surface area contributed by atoms with Crippen molar-refractivity contribution >= 4 is 23.2 Å². The van der Waals surface area contributed by atoms with Crippen LogP contribution in [0.2, 0.25) is 0 Å². The summed E-state index contributed by atoms with van der Waals surface area (Å²) in [6, 6.07) is 7.86. The van der Waals surface area contributed by atoms with Gasteiger partial charge in [-0.05, 0) is 12.1 Å². The third-order valence-corrected chi connectivity index (χ3v) is 4.11. The first-order valence-corrected chi connectivity index (χ1v) is 8.26. The summed E-state index contributed by atoms with van der Waals surface area (Å²) < 4.78 is 0. The molecule has 0 unspecified atom stereocenters. The Balaban J connectivity index is 2.10. The van der Waals surface area contributed by atoms with Crippen LogP contribution in [0.5, 0.6) is 0 Å². The van der Waals surface area contributed by atoms with Gasteiger partial charge in [0.2, 0.25) is 11.8 Å². The van der Waals surface area contributed by atoms with Crippen molar-refractivity contribution in [1.29, 1.82) is 0 Å². The molecule has 1 aliphatic rings. The second-order valence-electron chi connectivity index (χ2n) is 6.94. The van der Waals surface area contributed by atoms with E-state index >= 15 is 0 Å². The summed E-state index contributed by atoms with van der Waals surface area (Å²) in [7, 11) is 0. The van der Waals surface area contributed by atoms with Gasteiger partial charge >= 0.3 is 0 Å². The maximum Gasteiger partial charge on any atom is 0.229 e. The zero-order valence-electron chi connectivity index (χ0n) is 14.6. The van der Waals surface area contributed by atoms with Gasteiger partial charge in [0.15, 0.2) is 0 Å². The Morgan fingerprint density at radius 2 is 1.70 bits per heavy atom. The van der Waals surface area contributed by atoms with E-state index in [2.05, 4.69) is 10.2 Å². The third kappa shape index (κ3) is 4.24. The predicted molar refractivity (Wildman–Crippen MR) is 93.6 cm³/mol. The number of hydrogen-bond acceptors (Lipinski definition) is 3. The van der Waals surface area contributed by atoms with Gasteiger partial charge in [0.05, 0.1) is 11.4 Å². The molecule has 5 heteroatoms. The minimum atomic E-state index is -0.431. The highest BCUT2D eigenvalue weighted by atomic mass is 16.2. The number of benzene rings is 1. The van der Waals surface area contributed by atoms with Crippen molar-refractivity contribution in [2.45, 2.75) is 34.1 Å². The average Bonchev–Trinajstić information content (AvgIpc) is 2.54. The molecule has 0 atom stereocenters. The van der Waals surface area contributed by atoms with Crippen LogP contribution in [0.3, 0.4) is 0 Å². The number of piperazine rings is 1. The van der Waals surface area contributed by atoms with Gasteiger partial charge < -0.3 is 15.1 Å². The fraction of sp³-hybridized carbons (Fsp3) is 0.556. The van der Waals surface area contributed by atoms with Crippen molar-refractivity contribution in [1.82, 2.24) is 4.90 Å². The minimum absolute atomic E-state index is 0.00440. The van der Waals surface area contributed by atoms with Crippen molar-refractivity contribution < 1.29 is 9.59 Å². The van der Waals surface area contributed by atoms with Gasteiger partial charge in [0.25, 0.3) is 0 Å². The van der Waals surface area contributed by atoms with Gasteiger partial charge in [-0.1, -0.05) is 39.8 Å². The zero-order valence-corrected chi connectivity index (χ0v) is 14.6. The Hall–Kier alpha value is -2.04. The second kappa shape index (κ2) is 7.02. The Morgan fingerprint density at radius 3 is 2.26 bits per heavy atom. The first-order valence-electron chi connectivity index (χ1n) is 8.26. The number of hydrogen-bond donors (Lipinski definition) is 1. The molecule has 0 aliphatic carbocycles. The van der Waals surface area contributed by atoms with Crippen LogP contribution < -0.4 is 10.2 Å². The van der Waals surface area contributed by atoms with Crippen LogP contribution in [0.1, 0.15) is 34.1 Å². The van der Waals surface area contributed by atoms with Gasteiger partial charge in [-0.3, -0.25) is 9.59 Å². The molecule has 126 valence electrons. The zero-order chi connectivity index (χ0) is 17.0. The van der Waals surface area contributed by atoms with Crippen molar-refractivity contribution in [3.63, 3.8) is 0 Å². The number of carbonyl (C=O) groups excluding carboxylic acids is 2. The summed E-state index contributed by atoms with van der Waals surface area (Å²) in [5.74, 6) is 0.212. The number of amides is 2. The summed E-state index contributed by atoms with van der Waals surface area (Å²) in [6.07, 6.45) is 0.554. The lowest BCUT2D eigenvalue weighted by Gasteiger charge is -2.37. The monoisotopic (exact) mass is 317 g/mol. The molecule has 1 N–H and O–H groups in total. The molecule has 1 heterocycles. The number of carbonyl (C=O) groups is 2. The Labute approximate surface area is 138 Å². The molecule has 1 fully saturated rings. The molecule has 0 bridgehead atoms. The number of anilines is 2. The summed E-state index contributed by atoms with van der Waals surface area (Å²) in [5, 5.41) is 3.03. The standard InChI is InChI=1S/C18H27N3O2/c1-5-16(22)21-12-10-20(11-13-21)15-9-7-6-8-14(15)19-17(23)18(2,3)4/h6-9H,5,10-13H2,1-4H3,(H,19,23). The van der Waals surface area contributed by atoms with Crippen LogP contribution in [-0.2, 0) is 9.59 Å². The molecule has 0 saturated carbocycles. The largest absolute Gasteiger partial charge is 0.366 e. The number of para-hydroxylation sites is 2. The van der Waals surface area contributed by atoms with E-state index in [1.807, 2.05) is 56.9 Å². The molecule has 2 rings (SSSR count). The first kappa shape index (κ1) is 17.3. The summed E-state index contributed by atoms with van der Waals surface area (Å²) in [4.78, 5) is 28.2. The maximum absolute atomic E-state index is 12.3. The molecule has 23 heavy (non-hydrogen) atoms. The highest BCUT2D eigenvalue weighted by molar-refractivity contribution is 5.97. The predicted octanol–water partition coefficient (Wildman–Crippen LogP) is 2.73. The SMILES string of the molecule is CCC(=O)N1CCN(c2ccccc2NC(=O)C(C)(C)C)CC1. The lowest BCUT2D eigenvalue weighted by atomic mass is 9.95. The Morgan fingerprint density at radius 1 is 1.09 bits per heavy atom. The fourth-order valence-electron chi connectivity index (χ4n) is 2.59. The van der Waals surface area contributed by atoms with Gasteiger partial charge in [-0.25, -0.2) is 0 Å². The maximum atomic E-state index is 12.3. The van der Waals surface area contributed by atoms with Crippen LogP contribution in [0.4, 0.5) is 11.4 Å². The molecular formula is C18H27N3O2. The summed E-state index contributed by atoms with van der Waals surface area (Å²) in [6.45, 7) is 10.6. The molecule has 0 aromatic heterocycles. The summed E-state index contributed by atoms with van der Waals surface area (Å²) in [5.41, 5.74) is 1.43. The second-order valence-corrected chi connectivity index (χ2v) is 6.94. The Kier molecular flexibility index (Phi) is 5.29. The van der Waals surface area contributed by atoms with Crippen molar-refractivity contribution in [2.75, 3.05) is 36.4 Å². The number of nitrogens with zero attached hydrogens (tertiary/aromatic N) is 2. The smallest absolute Gasteiger partial charge is 0.229 e. The van der Waals surface area contributed by atoms with Crippen LogP contribution in [-0.4, -0.2) is 42.9 Å². The van der Waals surface area contributed by atoms with E-state index in [1.54, 1.807) is 0 Å². The van der Waals surface area contributed by atoms with E-state index in [-0.39, 0.29) is 11.8 Å². The van der Waals surface area contributed by atoms with Gasteiger partial charge in [0, 0.05) is 38.0 Å². The van der Waals surface area contributed by atoms with Gasteiger partial charge in [-0.2, -0.15) is 0 Å². The van der Waals surface area contributed by atoms with Crippen molar-refractivity contribution in [3.05, 3.63) is 24.3 Å². The van der Waals surface area contributed by atoms with Gasteiger partial charge in [0.1, 0.15) is 0 Å². The molecular weight excluding hydrogens is 290 g/mol. The highest BCUT2D eigenvalue weighted by Gasteiger charge is 2.25.